The second kappa shape index (κ2) is 6.86. The van der Waals surface area contributed by atoms with Crippen LogP contribution in [-0.4, -0.2) is 9.97 Å². The fourth-order valence-electron chi connectivity index (χ4n) is 1.97. The highest BCUT2D eigenvalue weighted by molar-refractivity contribution is 6.29. The monoisotopic (exact) mass is 346 g/mol. The second-order valence-electron chi connectivity index (χ2n) is 4.71. The van der Waals surface area contributed by atoms with Gasteiger partial charge < -0.3 is 9.47 Å². The molecule has 0 radical (unpaired) electrons. The maximum Gasteiger partial charge on any atom is 0.134 e. The third kappa shape index (κ3) is 3.92. The molecule has 0 amide bonds. The Hall–Kier alpha value is -2.30. The van der Waals surface area contributed by atoms with Crippen LogP contribution in [0.3, 0.4) is 0 Å². The van der Waals surface area contributed by atoms with E-state index in [0.29, 0.717) is 33.3 Å². The van der Waals surface area contributed by atoms with E-state index in [1.807, 2.05) is 25.1 Å². The van der Waals surface area contributed by atoms with Crippen molar-refractivity contribution in [1.29, 1.82) is 0 Å². The van der Waals surface area contributed by atoms with Gasteiger partial charge in [-0.2, -0.15) is 0 Å². The number of benzene rings is 1. The van der Waals surface area contributed by atoms with Crippen molar-refractivity contribution in [3.8, 4) is 23.0 Å². The van der Waals surface area contributed by atoms with Gasteiger partial charge in [0.05, 0.1) is 0 Å². The zero-order valence-electron chi connectivity index (χ0n) is 12.2. The highest BCUT2D eigenvalue weighted by Gasteiger charge is 2.09. The first-order chi connectivity index (χ1) is 11.1. The first kappa shape index (κ1) is 15.6. The van der Waals surface area contributed by atoms with Crippen molar-refractivity contribution in [3.05, 3.63) is 70.7 Å². The third-order valence-corrected chi connectivity index (χ3v) is 3.50. The van der Waals surface area contributed by atoms with Gasteiger partial charge in [0.25, 0.3) is 0 Å². The van der Waals surface area contributed by atoms with E-state index in [-0.39, 0.29) is 0 Å². The van der Waals surface area contributed by atoms with E-state index in [1.54, 1.807) is 36.7 Å². The van der Waals surface area contributed by atoms with E-state index >= 15 is 0 Å². The molecule has 0 saturated heterocycles. The standard InChI is InChI=1S/C17H12Cl2N2O2/c1-11-14(22-12-5-7-20-16(18)9-12)3-2-4-15(11)23-13-6-8-21-17(19)10-13/h2-10H,1H3. The molecule has 0 bridgehead atoms. The third-order valence-electron chi connectivity index (χ3n) is 3.09. The highest BCUT2D eigenvalue weighted by atomic mass is 35.5. The average Bonchev–Trinajstić information content (AvgIpc) is 2.51. The summed E-state index contributed by atoms with van der Waals surface area (Å²) in [6.45, 7) is 1.91. The molecule has 0 spiro atoms. The number of rotatable bonds is 4. The van der Waals surface area contributed by atoms with E-state index in [9.17, 15) is 0 Å². The minimum Gasteiger partial charge on any atom is -0.457 e. The molecule has 0 aliphatic heterocycles. The molecule has 23 heavy (non-hydrogen) atoms. The van der Waals surface area contributed by atoms with E-state index in [1.165, 1.54) is 0 Å². The highest BCUT2D eigenvalue weighted by Crippen LogP contribution is 2.34. The molecule has 3 rings (SSSR count). The fourth-order valence-corrected chi connectivity index (χ4v) is 2.29. The Labute approximate surface area is 143 Å². The molecule has 1 aromatic carbocycles. The summed E-state index contributed by atoms with van der Waals surface area (Å²) in [5.74, 6) is 2.56. The Balaban J connectivity index is 1.86. The molecular formula is C17H12Cl2N2O2. The van der Waals surface area contributed by atoms with Gasteiger partial charge in [-0.3, -0.25) is 0 Å². The van der Waals surface area contributed by atoms with Gasteiger partial charge in [0.2, 0.25) is 0 Å². The van der Waals surface area contributed by atoms with Gasteiger partial charge in [0.15, 0.2) is 0 Å². The summed E-state index contributed by atoms with van der Waals surface area (Å²) in [7, 11) is 0. The SMILES string of the molecule is Cc1c(Oc2ccnc(Cl)c2)cccc1Oc1ccnc(Cl)c1. The van der Waals surface area contributed by atoms with Crippen LogP contribution in [0.5, 0.6) is 23.0 Å². The molecular weight excluding hydrogens is 335 g/mol. The predicted molar refractivity (Wildman–Crippen MR) is 89.8 cm³/mol. The maximum atomic E-state index is 5.87. The molecule has 3 aromatic rings. The molecule has 2 heterocycles. The zero-order valence-corrected chi connectivity index (χ0v) is 13.7. The average molecular weight is 347 g/mol. The molecule has 0 aliphatic carbocycles. The van der Waals surface area contributed by atoms with Crippen LogP contribution in [0.25, 0.3) is 0 Å². The van der Waals surface area contributed by atoms with Crippen LogP contribution in [-0.2, 0) is 0 Å². The van der Waals surface area contributed by atoms with Gasteiger partial charge in [-0.1, -0.05) is 29.3 Å². The van der Waals surface area contributed by atoms with Gasteiger partial charge in [-0.05, 0) is 31.2 Å². The lowest BCUT2D eigenvalue weighted by molar-refractivity contribution is 0.453. The van der Waals surface area contributed by atoms with Gasteiger partial charge in [-0.25, -0.2) is 9.97 Å². The molecule has 0 aliphatic rings. The number of pyridine rings is 2. The molecule has 0 unspecified atom stereocenters. The number of halogens is 2. The first-order valence-corrected chi connectivity index (χ1v) is 7.56. The van der Waals surface area contributed by atoms with Crippen molar-refractivity contribution in [2.45, 2.75) is 6.92 Å². The van der Waals surface area contributed by atoms with E-state index < -0.39 is 0 Å². The normalized spacial score (nSPS) is 10.4. The molecule has 0 atom stereocenters. The smallest absolute Gasteiger partial charge is 0.134 e. The summed E-state index contributed by atoms with van der Waals surface area (Å²) < 4.78 is 11.7. The summed E-state index contributed by atoms with van der Waals surface area (Å²) in [5.41, 5.74) is 0.855. The topological polar surface area (TPSA) is 44.2 Å². The number of hydrogen-bond donors (Lipinski definition) is 0. The number of hydrogen-bond acceptors (Lipinski definition) is 4. The van der Waals surface area contributed by atoms with Crippen LogP contribution in [0.4, 0.5) is 0 Å². The molecule has 2 aromatic heterocycles. The fraction of sp³-hybridized carbons (Fsp3) is 0.0588. The van der Waals surface area contributed by atoms with Gasteiger partial charge in [0, 0.05) is 30.1 Å². The maximum absolute atomic E-state index is 5.87. The minimum absolute atomic E-state index is 0.374. The Morgan fingerprint density at radius 3 is 1.70 bits per heavy atom. The van der Waals surface area contributed by atoms with Crippen molar-refractivity contribution in [1.82, 2.24) is 9.97 Å². The first-order valence-electron chi connectivity index (χ1n) is 6.80. The molecule has 0 fully saturated rings. The number of aromatic nitrogens is 2. The van der Waals surface area contributed by atoms with Crippen LogP contribution >= 0.6 is 23.2 Å². The summed E-state index contributed by atoms with van der Waals surface area (Å²) in [6, 6.07) is 12.3. The Bertz CT molecular complexity index is 775. The van der Waals surface area contributed by atoms with Crippen molar-refractivity contribution in [2.24, 2.45) is 0 Å². The van der Waals surface area contributed by atoms with Crippen LogP contribution in [0.15, 0.2) is 54.9 Å². The lowest BCUT2D eigenvalue weighted by Gasteiger charge is -2.13. The zero-order chi connectivity index (χ0) is 16.2. The second-order valence-corrected chi connectivity index (χ2v) is 5.49. The lowest BCUT2D eigenvalue weighted by Crippen LogP contribution is -1.92. The minimum atomic E-state index is 0.374. The van der Waals surface area contributed by atoms with Crippen LogP contribution in [0, 0.1) is 6.92 Å². The van der Waals surface area contributed by atoms with Crippen LogP contribution in [0.1, 0.15) is 5.56 Å². The molecule has 6 heteroatoms. The molecule has 116 valence electrons. The van der Waals surface area contributed by atoms with E-state index in [2.05, 4.69) is 9.97 Å². The number of nitrogens with zero attached hydrogens (tertiary/aromatic N) is 2. The van der Waals surface area contributed by atoms with Crippen LogP contribution in [0.2, 0.25) is 10.3 Å². The summed E-state index contributed by atoms with van der Waals surface area (Å²) in [5, 5.41) is 0.748. The van der Waals surface area contributed by atoms with E-state index in [0.717, 1.165) is 5.56 Å². The van der Waals surface area contributed by atoms with Gasteiger partial charge >= 0.3 is 0 Å². The summed E-state index contributed by atoms with van der Waals surface area (Å²) >= 11 is 11.7. The van der Waals surface area contributed by atoms with Crippen LogP contribution < -0.4 is 9.47 Å². The Morgan fingerprint density at radius 2 is 1.26 bits per heavy atom. The van der Waals surface area contributed by atoms with Crippen molar-refractivity contribution < 1.29 is 9.47 Å². The predicted octanol–water partition coefficient (Wildman–Crippen LogP) is 5.68. The molecule has 4 nitrogen and oxygen atoms in total. The largest absolute Gasteiger partial charge is 0.457 e. The van der Waals surface area contributed by atoms with Crippen molar-refractivity contribution in [2.75, 3.05) is 0 Å². The molecule has 0 N–H and O–H groups in total. The van der Waals surface area contributed by atoms with Crippen molar-refractivity contribution in [3.63, 3.8) is 0 Å². The number of ether oxygens (including phenoxy) is 2. The van der Waals surface area contributed by atoms with E-state index in [4.69, 9.17) is 32.7 Å². The quantitative estimate of drug-likeness (QED) is 0.570. The lowest BCUT2D eigenvalue weighted by atomic mass is 10.2. The Kier molecular flexibility index (Phi) is 4.65. The van der Waals surface area contributed by atoms with Gasteiger partial charge in [-0.15, -0.1) is 0 Å². The van der Waals surface area contributed by atoms with Crippen molar-refractivity contribution >= 4 is 23.2 Å². The molecule has 0 saturated carbocycles. The Morgan fingerprint density at radius 1 is 0.783 bits per heavy atom. The van der Waals surface area contributed by atoms with Gasteiger partial charge in [0.1, 0.15) is 33.3 Å². The summed E-state index contributed by atoms with van der Waals surface area (Å²) in [6.07, 6.45) is 3.18. The summed E-state index contributed by atoms with van der Waals surface area (Å²) in [4.78, 5) is 7.86.